The Morgan fingerprint density at radius 1 is 1.03 bits per heavy atom. The molecule has 5 rings (SSSR count). The molecule has 0 spiro atoms. The van der Waals surface area contributed by atoms with Crippen molar-refractivity contribution in [3.05, 3.63) is 93.6 Å². The molecule has 196 valence electrons. The predicted molar refractivity (Wildman–Crippen MR) is 141 cm³/mol. The zero-order valence-electron chi connectivity index (χ0n) is 21.1. The summed E-state index contributed by atoms with van der Waals surface area (Å²) in [5, 5.41) is 11.0. The molecular formula is C29H27FN2O6. The van der Waals surface area contributed by atoms with Gasteiger partial charge in [-0.25, -0.2) is 9.18 Å². The molecule has 0 unspecified atom stereocenters. The lowest BCUT2D eigenvalue weighted by Gasteiger charge is -2.36. The van der Waals surface area contributed by atoms with Gasteiger partial charge in [0.1, 0.15) is 28.7 Å². The van der Waals surface area contributed by atoms with Crippen LogP contribution in [-0.2, 0) is 11.3 Å². The largest absolute Gasteiger partial charge is 0.507 e. The number of aromatic hydroxyl groups is 1. The summed E-state index contributed by atoms with van der Waals surface area (Å²) in [5.41, 5.74) is 1.38. The number of hydrogen-bond acceptors (Lipinski definition) is 8. The van der Waals surface area contributed by atoms with E-state index in [4.69, 9.17) is 13.9 Å². The molecule has 0 aliphatic carbocycles. The van der Waals surface area contributed by atoms with Gasteiger partial charge in [-0.2, -0.15) is 0 Å². The summed E-state index contributed by atoms with van der Waals surface area (Å²) in [6, 6.07) is 15.9. The van der Waals surface area contributed by atoms with Crippen molar-refractivity contribution >= 4 is 22.6 Å². The SMILES string of the molecule is COC(=O)c1ccc(Oc2c(C)oc3c(CN4CCN(c5ccccc5F)CC4)c(O)ccc3c2=O)cc1. The van der Waals surface area contributed by atoms with Crippen molar-refractivity contribution in [2.45, 2.75) is 13.5 Å². The Balaban J connectivity index is 1.37. The van der Waals surface area contributed by atoms with Gasteiger partial charge in [0.05, 0.1) is 29.3 Å². The van der Waals surface area contributed by atoms with E-state index < -0.39 is 5.97 Å². The van der Waals surface area contributed by atoms with Crippen molar-refractivity contribution in [1.82, 2.24) is 4.90 Å². The maximum atomic E-state index is 14.2. The van der Waals surface area contributed by atoms with Crippen LogP contribution in [0.15, 0.2) is 69.9 Å². The Labute approximate surface area is 218 Å². The number of aryl methyl sites for hydroxylation is 1. The first-order valence-electron chi connectivity index (χ1n) is 12.2. The highest BCUT2D eigenvalue weighted by molar-refractivity contribution is 5.89. The van der Waals surface area contributed by atoms with Crippen molar-refractivity contribution in [2.24, 2.45) is 0 Å². The second-order valence-electron chi connectivity index (χ2n) is 9.09. The van der Waals surface area contributed by atoms with E-state index in [1.807, 2.05) is 11.0 Å². The van der Waals surface area contributed by atoms with E-state index in [-0.39, 0.29) is 33.9 Å². The number of nitrogens with zero attached hydrogens (tertiary/aromatic N) is 2. The number of phenolic OH excluding ortho intramolecular Hbond substituents is 1. The first kappa shape index (κ1) is 25.3. The number of halogens is 1. The molecule has 2 heterocycles. The molecule has 4 aromatic rings. The van der Waals surface area contributed by atoms with Gasteiger partial charge in [-0.15, -0.1) is 0 Å². The van der Waals surface area contributed by atoms with Crippen LogP contribution in [0.2, 0.25) is 0 Å². The van der Waals surface area contributed by atoms with Crippen LogP contribution in [0.5, 0.6) is 17.2 Å². The Kier molecular flexibility index (Phi) is 7.02. The molecular weight excluding hydrogens is 491 g/mol. The third-order valence-electron chi connectivity index (χ3n) is 6.70. The molecule has 8 nitrogen and oxygen atoms in total. The number of methoxy groups -OCH3 is 1. The average molecular weight is 519 g/mol. The summed E-state index contributed by atoms with van der Waals surface area (Å²) in [7, 11) is 1.30. The zero-order chi connectivity index (χ0) is 26.8. The predicted octanol–water partition coefficient (Wildman–Crippen LogP) is 4.85. The number of piperazine rings is 1. The summed E-state index contributed by atoms with van der Waals surface area (Å²) >= 11 is 0. The summed E-state index contributed by atoms with van der Waals surface area (Å²) < 4.78 is 30.8. The monoisotopic (exact) mass is 518 g/mol. The number of benzene rings is 3. The second kappa shape index (κ2) is 10.5. The molecule has 0 amide bonds. The molecule has 1 aromatic heterocycles. The minimum atomic E-state index is -0.473. The normalized spacial score (nSPS) is 14.0. The van der Waals surface area contributed by atoms with Crippen LogP contribution in [0.4, 0.5) is 10.1 Å². The molecule has 1 saturated heterocycles. The van der Waals surface area contributed by atoms with E-state index in [2.05, 4.69) is 4.90 Å². The maximum Gasteiger partial charge on any atom is 0.337 e. The number of phenols is 1. The van der Waals surface area contributed by atoms with Crippen LogP contribution in [0.1, 0.15) is 21.7 Å². The Morgan fingerprint density at radius 2 is 1.74 bits per heavy atom. The van der Waals surface area contributed by atoms with Gasteiger partial charge in [-0.05, 0) is 55.5 Å². The minimum absolute atomic E-state index is 0.0264. The number of anilines is 1. The van der Waals surface area contributed by atoms with Crippen molar-refractivity contribution in [2.75, 3.05) is 38.2 Å². The highest BCUT2D eigenvalue weighted by Crippen LogP contribution is 2.32. The fourth-order valence-electron chi connectivity index (χ4n) is 4.64. The molecule has 0 atom stereocenters. The number of para-hydroxylation sites is 1. The number of ether oxygens (including phenoxy) is 2. The van der Waals surface area contributed by atoms with Gasteiger partial charge < -0.3 is 23.9 Å². The molecule has 0 saturated carbocycles. The zero-order valence-corrected chi connectivity index (χ0v) is 21.1. The summed E-state index contributed by atoms with van der Waals surface area (Å²) in [5.74, 6) is -0.0433. The number of fused-ring (bicyclic) bond motifs is 1. The van der Waals surface area contributed by atoms with Crippen molar-refractivity contribution < 1.29 is 28.2 Å². The van der Waals surface area contributed by atoms with Gasteiger partial charge in [-0.3, -0.25) is 9.69 Å². The molecule has 1 N–H and O–H groups in total. The third kappa shape index (κ3) is 4.92. The lowest BCUT2D eigenvalue weighted by atomic mass is 10.1. The standard InChI is InChI=1S/C29H27FN2O6/c1-18-27(38-20-9-7-19(8-10-20)29(35)36-2)26(34)21-11-12-25(33)22(28(21)37-18)17-31-13-15-32(16-14-31)24-6-4-3-5-23(24)30/h3-12,33H,13-17H2,1-2H3. The second-order valence-corrected chi connectivity index (χ2v) is 9.09. The Morgan fingerprint density at radius 3 is 2.42 bits per heavy atom. The van der Waals surface area contributed by atoms with Crippen molar-refractivity contribution in [3.8, 4) is 17.2 Å². The van der Waals surface area contributed by atoms with E-state index in [0.717, 1.165) is 0 Å². The molecule has 9 heteroatoms. The molecule has 1 aliphatic rings. The summed E-state index contributed by atoms with van der Waals surface area (Å²) in [4.78, 5) is 29.2. The number of rotatable bonds is 6. The fourth-order valence-corrected chi connectivity index (χ4v) is 4.64. The quantitative estimate of drug-likeness (QED) is 0.363. The van der Waals surface area contributed by atoms with Crippen LogP contribution in [0.3, 0.4) is 0 Å². The number of carbonyl (C=O) groups excluding carboxylic acids is 1. The van der Waals surface area contributed by atoms with E-state index in [1.54, 1.807) is 43.3 Å². The van der Waals surface area contributed by atoms with Gasteiger partial charge in [0.2, 0.25) is 11.2 Å². The number of hydrogen-bond donors (Lipinski definition) is 1. The summed E-state index contributed by atoms with van der Waals surface area (Å²) in [6.45, 7) is 4.54. The van der Waals surface area contributed by atoms with Crippen molar-refractivity contribution in [3.63, 3.8) is 0 Å². The average Bonchev–Trinajstić information content (AvgIpc) is 2.93. The molecule has 0 bridgehead atoms. The Bertz CT molecular complexity index is 1540. The topological polar surface area (TPSA) is 92.5 Å². The molecule has 0 radical (unpaired) electrons. The van der Waals surface area contributed by atoms with Gasteiger partial charge in [0.15, 0.2) is 0 Å². The fraction of sp³-hybridized carbons (Fsp3) is 0.241. The molecule has 1 aliphatic heterocycles. The summed E-state index contributed by atoms with van der Waals surface area (Å²) in [6.07, 6.45) is 0. The van der Waals surface area contributed by atoms with E-state index in [1.165, 1.54) is 25.3 Å². The highest BCUT2D eigenvalue weighted by atomic mass is 19.1. The smallest absolute Gasteiger partial charge is 0.337 e. The van der Waals surface area contributed by atoms with Crippen LogP contribution in [-0.4, -0.2) is 49.3 Å². The van der Waals surface area contributed by atoms with Crippen LogP contribution in [0.25, 0.3) is 11.0 Å². The minimum Gasteiger partial charge on any atom is -0.507 e. The van der Waals surface area contributed by atoms with E-state index in [9.17, 15) is 19.1 Å². The first-order valence-corrected chi connectivity index (χ1v) is 12.2. The third-order valence-corrected chi connectivity index (χ3v) is 6.70. The molecule has 1 fully saturated rings. The van der Waals surface area contributed by atoms with Crippen LogP contribution in [0, 0.1) is 12.7 Å². The van der Waals surface area contributed by atoms with Crippen LogP contribution >= 0.6 is 0 Å². The molecule has 38 heavy (non-hydrogen) atoms. The van der Waals surface area contributed by atoms with Gasteiger partial charge in [-0.1, -0.05) is 12.1 Å². The number of esters is 1. The Hall–Kier alpha value is -4.37. The van der Waals surface area contributed by atoms with Gasteiger partial charge in [0, 0.05) is 32.7 Å². The van der Waals surface area contributed by atoms with Crippen molar-refractivity contribution in [1.29, 1.82) is 0 Å². The number of carbonyl (C=O) groups is 1. The maximum absolute atomic E-state index is 14.2. The van der Waals surface area contributed by atoms with Gasteiger partial charge in [0.25, 0.3) is 0 Å². The lowest BCUT2D eigenvalue weighted by Crippen LogP contribution is -2.46. The van der Waals surface area contributed by atoms with Crippen LogP contribution < -0.4 is 15.1 Å². The van der Waals surface area contributed by atoms with E-state index in [0.29, 0.717) is 60.9 Å². The first-order chi connectivity index (χ1) is 18.4. The van der Waals surface area contributed by atoms with E-state index >= 15 is 0 Å². The lowest BCUT2D eigenvalue weighted by molar-refractivity contribution is 0.0600. The van der Waals surface area contributed by atoms with Gasteiger partial charge >= 0.3 is 5.97 Å². The molecule has 3 aromatic carbocycles. The highest BCUT2D eigenvalue weighted by Gasteiger charge is 2.23.